The molecule has 1 rings (SSSR count). The maximum Gasteiger partial charge on any atom is 0.422 e. The minimum absolute atomic E-state index is 0.135. The maximum atomic E-state index is 12.8. The van der Waals surface area contributed by atoms with Crippen LogP contribution in [0.1, 0.15) is 32.1 Å². The molecule has 0 fully saturated rings. The Morgan fingerprint density at radius 2 is 2.06 bits per heavy atom. The van der Waals surface area contributed by atoms with Crippen molar-refractivity contribution in [3.63, 3.8) is 0 Å². The summed E-state index contributed by atoms with van der Waals surface area (Å²) in [5, 5.41) is 9.75. The highest BCUT2D eigenvalue weighted by Gasteiger charge is 2.54. The van der Waals surface area contributed by atoms with Crippen LogP contribution in [-0.2, 0) is 5.60 Å². The van der Waals surface area contributed by atoms with Crippen LogP contribution in [0.4, 0.5) is 13.2 Å². The fraction of sp³-hybridized carbons (Fsp3) is 0.727. The Balaban J connectivity index is 2.90. The third kappa shape index (κ3) is 3.39. The zero-order chi connectivity index (χ0) is 14.0. The summed E-state index contributed by atoms with van der Waals surface area (Å²) < 4.78 is 39.1. The molecular weight excluding hydrogens is 283 g/mol. The van der Waals surface area contributed by atoms with Gasteiger partial charge in [0.05, 0.1) is 4.88 Å². The van der Waals surface area contributed by atoms with Crippen LogP contribution in [0, 0.1) is 5.92 Å². The second-order valence-electron chi connectivity index (χ2n) is 4.41. The molecule has 1 aromatic heterocycles. The highest BCUT2D eigenvalue weighted by Crippen LogP contribution is 2.44. The molecule has 1 unspecified atom stereocenters. The summed E-state index contributed by atoms with van der Waals surface area (Å²) in [5.41, 5.74) is -2.78. The van der Waals surface area contributed by atoms with Crippen LogP contribution in [0.2, 0.25) is 0 Å². The Morgan fingerprint density at radius 3 is 2.50 bits per heavy atom. The lowest BCUT2D eigenvalue weighted by Gasteiger charge is -2.27. The summed E-state index contributed by atoms with van der Waals surface area (Å²) in [5.74, 6) is 1.24. The molecule has 0 amide bonds. The first kappa shape index (κ1) is 15.8. The third-order valence-corrected chi connectivity index (χ3v) is 5.15. The lowest BCUT2D eigenvalue weighted by atomic mass is 9.99. The molecule has 7 heteroatoms. The number of hydrogen-bond acceptors (Lipinski definition) is 4. The van der Waals surface area contributed by atoms with Crippen LogP contribution in [0.25, 0.3) is 0 Å². The van der Waals surface area contributed by atoms with Gasteiger partial charge in [0.25, 0.3) is 0 Å². The fourth-order valence-electron chi connectivity index (χ4n) is 1.27. The van der Waals surface area contributed by atoms with Gasteiger partial charge in [-0.05, 0) is 12.3 Å². The molecule has 1 heterocycles. The SMILES string of the molecule is CCC(O)(c1cnc(SCC(C)C)s1)C(F)(F)F. The van der Waals surface area contributed by atoms with Gasteiger partial charge in [-0.3, -0.25) is 0 Å². The lowest BCUT2D eigenvalue weighted by molar-refractivity contribution is -0.266. The van der Waals surface area contributed by atoms with Crippen LogP contribution in [0.15, 0.2) is 10.5 Å². The minimum atomic E-state index is -4.67. The van der Waals surface area contributed by atoms with Crippen molar-refractivity contribution in [1.82, 2.24) is 4.98 Å². The number of hydrogen-bond donors (Lipinski definition) is 1. The fourth-order valence-corrected chi connectivity index (χ4v) is 3.41. The molecule has 0 aliphatic rings. The summed E-state index contributed by atoms with van der Waals surface area (Å²) in [6.07, 6.45) is -3.95. The van der Waals surface area contributed by atoms with E-state index >= 15 is 0 Å². The van der Waals surface area contributed by atoms with E-state index in [0.717, 1.165) is 23.3 Å². The first-order chi connectivity index (χ1) is 8.20. The molecular formula is C11H16F3NOS2. The first-order valence-corrected chi connectivity index (χ1v) is 7.39. The summed E-state index contributed by atoms with van der Waals surface area (Å²) in [6, 6.07) is 0. The van der Waals surface area contributed by atoms with Crippen molar-refractivity contribution in [1.29, 1.82) is 0 Å². The zero-order valence-electron chi connectivity index (χ0n) is 10.4. The van der Waals surface area contributed by atoms with E-state index in [-0.39, 0.29) is 4.88 Å². The quantitative estimate of drug-likeness (QED) is 0.833. The van der Waals surface area contributed by atoms with Crippen molar-refractivity contribution in [3.05, 3.63) is 11.1 Å². The molecule has 0 spiro atoms. The molecule has 104 valence electrons. The topological polar surface area (TPSA) is 33.1 Å². The van der Waals surface area contributed by atoms with E-state index in [4.69, 9.17) is 0 Å². The second-order valence-corrected chi connectivity index (χ2v) is 6.70. The summed E-state index contributed by atoms with van der Waals surface area (Å²) in [6.45, 7) is 5.37. The van der Waals surface area contributed by atoms with Gasteiger partial charge in [-0.1, -0.05) is 32.5 Å². The Kier molecular flexibility index (Phi) is 5.08. The zero-order valence-corrected chi connectivity index (χ0v) is 12.0. The number of alkyl halides is 3. The van der Waals surface area contributed by atoms with E-state index in [1.807, 2.05) is 13.8 Å². The van der Waals surface area contributed by atoms with Gasteiger partial charge >= 0.3 is 6.18 Å². The number of thiazole rings is 1. The van der Waals surface area contributed by atoms with Crippen molar-refractivity contribution in [2.24, 2.45) is 5.92 Å². The summed E-state index contributed by atoms with van der Waals surface area (Å²) >= 11 is 2.33. The summed E-state index contributed by atoms with van der Waals surface area (Å²) in [4.78, 5) is 3.80. The average molecular weight is 299 g/mol. The largest absolute Gasteiger partial charge is 0.422 e. The predicted octanol–water partition coefficient (Wildman–Crippen LogP) is 4.05. The van der Waals surface area contributed by atoms with E-state index in [2.05, 4.69) is 4.98 Å². The van der Waals surface area contributed by atoms with E-state index in [1.165, 1.54) is 18.7 Å². The Labute approximate surface area is 113 Å². The standard InChI is InChI=1S/C11H16F3NOS2/c1-4-10(16,11(12,13)14)8-5-15-9(18-8)17-6-7(2)3/h5,7,16H,4,6H2,1-3H3. The number of aliphatic hydroxyl groups is 1. The summed E-state index contributed by atoms with van der Waals surface area (Å²) in [7, 11) is 0. The van der Waals surface area contributed by atoms with Crippen molar-refractivity contribution in [2.45, 2.75) is 43.3 Å². The number of nitrogens with zero attached hydrogens (tertiary/aromatic N) is 1. The molecule has 0 radical (unpaired) electrons. The van der Waals surface area contributed by atoms with Crippen molar-refractivity contribution >= 4 is 23.1 Å². The molecule has 0 aliphatic heterocycles. The first-order valence-electron chi connectivity index (χ1n) is 5.59. The molecule has 0 aromatic carbocycles. The normalized spacial score (nSPS) is 16.0. The van der Waals surface area contributed by atoms with Gasteiger partial charge in [0.15, 0.2) is 5.60 Å². The molecule has 1 N–H and O–H groups in total. The number of thioether (sulfide) groups is 1. The van der Waals surface area contributed by atoms with Crippen LogP contribution >= 0.6 is 23.1 Å². The van der Waals surface area contributed by atoms with Crippen LogP contribution in [0.3, 0.4) is 0 Å². The van der Waals surface area contributed by atoms with Gasteiger partial charge in [0, 0.05) is 11.9 Å². The number of aromatic nitrogens is 1. The molecule has 1 aromatic rings. The Bertz CT molecular complexity index is 392. The van der Waals surface area contributed by atoms with Gasteiger partial charge < -0.3 is 5.11 Å². The van der Waals surface area contributed by atoms with Crippen molar-refractivity contribution in [3.8, 4) is 0 Å². The lowest BCUT2D eigenvalue weighted by Crippen LogP contribution is -2.40. The minimum Gasteiger partial charge on any atom is -0.376 e. The molecule has 0 aliphatic carbocycles. The third-order valence-electron chi connectivity index (χ3n) is 2.41. The smallest absolute Gasteiger partial charge is 0.376 e. The van der Waals surface area contributed by atoms with Crippen LogP contribution < -0.4 is 0 Å². The van der Waals surface area contributed by atoms with Gasteiger partial charge in [0.2, 0.25) is 0 Å². The molecule has 2 nitrogen and oxygen atoms in total. The van der Waals surface area contributed by atoms with Crippen molar-refractivity contribution in [2.75, 3.05) is 5.75 Å². The van der Waals surface area contributed by atoms with Gasteiger partial charge in [-0.15, -0.1) is 11.3 Å². The molecule has 18 heavy (non-hydrogen) atoms. The van der Waals surface area contributed by atoms with E-state index in [9.17, 15) is 18.3 Å². The molecule has 0 bridgehead atoms. The second kappa shape index (κ2) is 5.79. The van der Waals surface area contributed by atoms with Gasteiger partial charge in [-0.2, -0.15) is 13.2 Å². The molecule has 0 saturated heterocycles. The van der Waals surface area contributed by atoms with Crippen LogP contribution in [-0.4, -0.2) is 22.0 Å². The molecule has 0 saturated carbocycles. The van der Waals surface area contributed by atoms with E-state index in [1.54, 1.807) is 0 Å². The monoisotopic (exact) mass is 299 g/mol. The highest BCUT2D eigenvalue weighted by molar-refractivity contribution is 8.01. The number of halogens is 3. The number of rotatable bonds is 5. The van der Waals surface area contributed by atoms with E-state index in [0.29, 0.717) is 10.3 Å². The Morgan fingerprint density at radius 1 is 1.44 bits per heavy atom. The average Bonchev–Trinajstić information content (AvgIpc) is 2.72. The predicted molar refractivity (Wildman–Crippen MR) is 67.9 cm³/mol. The van der Waals surface area contributed by atoms with Crippen LogP contribution in [0.5, 0.6) is 0 Å². The van der Waals surface area contributed by atoms with Gasteiger partial charge in [-0.25, -0.2) is 4.98 Å². The molecule has 1 atom stereocenters. The Hall–Kier alpha value is -0.270. The van der Waals surface area contributed by atoms with Crippen molar-refractivity contribution < 1.29 is 18.3 Å². The highest BCUT2D eigenvalue weighted by atomic mass is 32.2. The maximum absolute atomic E-state index is 12.8. The van der Waals surface area contributed by atoms with Gasteiger partial charge in [0.1, 0.15) is 4.34 Å². The van der Waals surface area contributed by atoms with E-state index < -0.39 is 18.2 Å².